The van der Waals surface area contributed by atoms with Crippen LogP contribution in [0, 0.1) is 22.2 Å². The van der Waals surface area contributed by atoms with Gasteiger partial charge in [-0.1, -0.05) is 41.5 Å². The zero-order chi connectivity index (χ0) is 10.9. The molecule has 1 N–H and O–H groups in total. The van der Waals surface area contributed by atoms with Gasteiger partial charge in [0.05, 0.1) is 18.1 Å². The Labute approximate surface area is 81.6 Å². The van der Waals surface area contributed by atoms with E-state index < -0.39 is 5.60 Å². The van der Waals surface area contributed by atoms with Crippen LogP contribution < -0.4 is 0 Å². The van der Waals surface area contributed by atoms with Gasteiger partial charge in [-0.2, -0.15) is 5.26 Å². The molecule has 76 valence electrons. The molecule has 0 aliphatic carbocycles. The van der Waals surface area contributed by atoms with Crippen molar-refractivity contribution in [1.82, 2.24) is 0 Å². The minimum atomic E-state index is -0.936. The highest BCUT2D eigenvalue weighted by Crippen LogP contribution is 2.45. The second-order valence-electron chi connectivity index (χ2n) is 5.70. The Hall–Kier alpha value is -0.550. The van der Waals surface area contributed by atoms with Gasteiger partial charge in [-0.3, -0.25) is 0 Å². The van der Waals surface area contributed by atoms with Gasteiger partial charge in [0.25, 0.3) is 0 Å². The van der Waals surface area contributed by atoms with E-state index in [1.165, 1.54) is 0 Å². The highest BCUT2D eigenvalue weighted by atomic mass is 16.3. The van der Waals surface area contributed by atoms with Gasteiger partial charge < -0.3 is 5.11 Å². The molecular weight excluding hydrogens is 162 g/mol. The van der Waals surface area contributed by atoms with Gasteiger partial charge >= 0.3 is 0 Å². The third-order valence-electron chi connectivity index (χ3n) is 2.82. The smallest absolute Gasteiger partial charge is 0.0872 e. The Morgan fingerprint density at radius 1 is 1.00 bits per heavy atom. The van der Waals surface area contributed by atoms with Crippen molar-refractivity contribution in [3.05, 3.63) is 0 Å². The monoisotopic (exact) mass is 183 g/mol. The molecular formula is C11H21NO. The van der Waals surface area contributed by atoms with Crippen LogP contribution in [0.3, 0.4) is 0 Å². The van der Waals surface area contributed by atoms with E-state index in [2.05, 4.69) is 6.07 Å². The molecule has 0 aromatic carbocycles. The number of hydrogen-bond acceptors (Lipinski definition) is 2. The van der Waals surface area contributed by atoms with Crippen LogP contribution >= 0.6 is 0 Å². The van der Waals surface area contributed by atoms with Gasteiger partial charge in [-0.15, -0.1) is 0 Å². The fourth-order valence-electron chi connectivity index (χ4n) is 1.77. The van der Waals surface area contributed by atoms with Crippen LogP contribution in [0.25, 0.3) is 0 Å². The summed E-state index contributed by atoms with van der Waals surface area (Å²) in [6.07, 6.45) is 0.181. The fraction of sp³-hybridized carbons (Fsp3) is 0.909. The van der Waals surface area contributed by atoms with Gasteiger partial charge in [0.1, 0.15) is 0 Å². The largest absolute Gasteiger partial charge is 0.388 e. The molecule has 0 radical (unpaired) electrons. The normalized spacial score (nSPS) is 14.0. The quantitative estimate of drug-likeness (QED) is 0.679. The minimum Gasteiger partial charge on any atom is -0.388 e. The average Bonchev–Trinajstić information content (AvgIpc) is 1.82. The summed E-state index contributed by atoms with van der Waals surface area (Å²) in [5.41, 5.74) is -1.49. The zero-order valence-corrected chi connectivity index (χ0v) is 9.60. The fourth-order valence-corrected chi connectivity index (χ4v) is 1.77. The van der Waals surface area contributed by atoms with Crippen molar-refractivity contribution in [2.24, 2.45) is 10.8 Å². The van der Waals surface area contributed by atoms with Gasteiger partial charge in [0, 0.05) is 0 Å². The molecule has 13 heavy (non-hydrogen) atoms. The molecule has 2 heteroatoms. The summed E-state index contributed by atoms with van der Waals surface area (Å²) in [6.45, 7) is 11.8. The summed E-state index contributed by atoms with van der Waals surface area (Å²) < 4.78 is 0. The lowest BCUT2D eigenvalue weighted by Gasteiger charge is -2.48. The van der Waals surface area contributed by atoms with Crippen molar-refractivity contribution in [2.75, 3.05) is 0 Å². The van der Waals surface area contributed by atoms with Crippen LogP contribution in [-0.2, 0) is 0 Å². The first-order valence-corrected chi connectivity index (χ1v) is 4.65. The Kier molecular flexibility index (Phi) is 3.17. The highest BCUT2D eigenvalue weighted by molar-refractivity contribution is 5.04. The molecule has 0 saturated heterocycles. The van der Waals surface area contributed by atoms with Crippen molar-refractivity contribution in [2.45, 2.75) is 53.6 Å². The molecule has 0 aliphatic rings. The highest BCUT2D eigenvalue weighted by Gasteiger charge is 2.48. The van der Waals surface area contributed by atoms with Crippen LogP contribution in [-0.4, -0.2) is 10.7 Å². The maximum atomic E-state index is 10.5. The molecule has 0 saturated carbocycles. The van der Waals surface area contributed by atoms with E-state index in [1.54, 1.807) is 0 Å². The molecule has 0 rings (SSSR count). The zero-order valence-electron chi connectivity index (χ0n) is 9.60. The molecule has 0 fully saturated rings. The van der Waals surface area contributed by atoms with Crippen molar-refractivity contribution < 1.29 is 5.11 Å². The molecule has 0 unspecified atom stereocenters. The second kappa shape index (κ2) is 3.31. The summed E-state index contributed by atoms with van der Waals surface area (Å²) in [4.78, 5) is 0. The molecule has 0 bridgehead atoms. The first-order valence-electron chi connectivity index (χ1n) is 4.65. The Balaban J connectivity index is 5.11. The van der Waals surface area contributed by atoms with Crippen molar-refractivity contribution in [3.63, 3.8) is 0 Å². The van der Waals surface area contributed by atoms with Crippen molar-refractivity contribution in [3.8, 4) is 6.07 Å². The van der Waals surface area contributed by atoms with Gasteiger partial charge in [0.15, 0.2) is 0 Å². The molecule has 2 nitrogen and oxygen atoms in total. The first kappa shape index (κ1) is 12.4. The summed E-state index contributed by atoms with van der Waals surface area (Å²) >= 11 is 0. The van der Waals surface area contributed by atoms with Crippen LogP contribution in [0.2, 0.25) is 0 Å². The lowest BCUT2D eigenvalue weighted by Crippen LogP contribution is -2.52. The van der Waals surface area contributed by atoms with Crippen LogP contribution in [0.4, 0.5) is 0 Å². The molecule has 0 aromatic heterocycles. The maximum absolute atomic E-state index is 10.5. The van der Waals surface area contributed by atoms with Gasteiger partial charge in [-0.25, -0.2) is 0 Å². The third kappa shape index (κ3) is 2.22. The molecule has 0 spiro atoms. The molecule has 0 aromatic rings. The number of rotatable bonds is 1. The predicted octanol–water partition coefficient (Wildman–Crippen LogP) is 2.72. The third-order valence-corrected chi connectivity index (χ3v) is 2.82. The van der Waals surface area contributed by atoms with E-state index in [0.29, 0.717) is 0 Å². The minimum absolute atomic E-state index is 0.181. The van der Waals surface area contributed by atoms with E-state index in [1.807, 2.05) is 41.5 Å². The summed E-state index contributed by atoms with van der Waals surface area (Å²) in [7, 11) is 0. The van der Waals surface area contributed by atoms with Crippen LogP contribution in [0.1, 0.15) is 48.0 Å². The number of nitrogens with zero attached hydrogens (tertiary/aromatic N) is 1. The molecule has 0 atom stereocenters. The number of aliphatic hydroxyl groups is 1. The predicted molar refractivity (Wildman–Crippen MR) is 54.1 cm³/mol. The Morgan fingerprint density at radius 2 is 1.31 bits per heavy atom. The van der Waals surface area contributed by atoms with Crippen molar-refractivity contribution >= 4 is 0 Å². The van der Waals surface area contributed by atoms with Crippen molar-refractivity contribution in [1.29, 1.82) is 5.26 Å². The Morgan fingerprint density at radius 3 is 1.38 bits per heavy atom. The topological polar surface area (TPSA) is 44.0 Å². The SMILES string of the molecule is CC(C)(C)C(O)(CC#N)C(C)(C)C. The second-order valence-corrected chi connectivity index (χ2v) is 5.70. The Bertz CT molecular complexity index is 198. The van der Waals surface area contributed by atoms with E-state index in [9.17, 15) is 5.11 Å². The van der Waals surface area contributed by atoms with E-state index >= 15 is 0 Å². The van der Waals surface area contributed by atoms with E-state index in [0.717, 1.165) is 0 Å². The maximum Gasteiger partial charge on any atom is 0.0872 e. The van der Waals surface area contributed by atoms with Crippen LogP contribution in [0.5, 0.6) is 0 Å². The summed E-state index contributed by atoms with van der Waals surface area (Å²) in [6, 6.07) is 2.07. The van der Waals surface area contributed by atoms with E-state index in [-0.39, 0.29) is 17.3 Å². The number of hydrogen-bond donors (Lipinski definition) is 1. The molecule has 0 heterocycles. The molecule has 0 aliphatic heterocycles. The standard InChI is InChI=1S/C11H21NO/c1-9(2,3)11(13,7-8-12)10(4,5)6/h13H,7H2,1-6H3. The first-order chi connectivity index (χ1) is 5.56. The van der Waals surface area contributed by atoms with E-state index in [4.69, 9.17) is 5.26 Å². The summed E-state index contributed by atoms with van der Waals surface area (Å²) in [5.74, 6) is 0. The molecule has 0 amide bonds. The lowest BCUT2D eigenvalue weighted by atomic mass is 9.61. The van der Waals surface area contributed by atoms with Gasteiger partial charge in [-0.05, 0) is 10.8 Å². The van der Waals surface area contributed by atoms with Crippen LogP contribution in [0.15, 0.2) is 0 Å². The van der Waals surface area contributed by atoms with Gasteiger partial charge in [0.2, 0.25) is 0 Å². The summed E-state index contributed by atoms with van der Waals surface area (Å²) in [5, 5.41) is 19.2. The average molecular weight is 183 g/mol. The number of nitriles is 1. The lowest BCUT2D eigenvalue weighted by molar-refractivity contribution is -0.133.